The van der Waals surface area contributed by atoms with E-state index in [1.807, 2.05) is 6.92 Å². The molecule has 1 aromatic rings. The van der Waals surface area contributed by atoms with Gasteiger partial charge >= 0.3 is 0 Å². The maximum Gasteiger partial charge on any atom is 0.224 e. The highest BCUT2D eigenvalue weighted by molar-refractivity contribution is 7.91. The Balaban J connectivity index is 2.44. The smallest absolute Gasteiger partial charge is 0.224 e. The van der Waals surface area contributed by atoms with Gasteiger partial charge in [-0.2, -0.15) is 0 Å². The lowest BCUT2D eigenvalue weighted by Crippen LogP contribution is -2.31. The van der Waals surface area contributed by atoms with Crippen LogP contribution in [-0.2, 0) is 9.84 Å². The monoisotopic (exact) mass is 317 g/mol. The Hall–Kier alpha value is -0.880. The molecule has 0 aromatic carbocycles. The van der Waals surface area contributed by atoms with Gasteiger partial charge < -0.3 is 4.90 Å². The number of anilines is 1. The number of nitrogens with zero attached hydrogens (tertiary/aromatic N) is 3. The van der Waals surface area contributed by atoms with Crippen LogP contribution in [0.3, 0.4) is 0 Å². The maximum absolute atomic E-state index is 12.0. The van der Waals surface area contributed by atoms with Crippen LogP contribution in [0.4, 0.5) is 5.82 Å². The lowest BCUT2D eigenvalue weighted by Gasteiger charge is -2.27. The first-order chi connectivity index (χ1) is 9.35. The Morgan fingerprint density at radius 1 is 1.45 bits per heavy atom. The van der Waals surface area contributed by atoms with Crippen molar-refractivity contribution >= 4 is 27.3 Å². The molecule has 0 saturated carbocycles. The van der Waals surface area contributed by atoms with E-state index in [0.29, 0.717) is 24.4 Å². The van der Waals surface area contributed by atoms with E-state index in [0.717, 1.165) is 6.54 Å². The highest BCUT2D eigenvalue weighted by Gasteiger charge is 2.34. The van der Waals surface area contributed by atoms with Gasteiger partial charge in [0.25, 0.3) is 0 Å². The summed E-state index contributed by atoms with van der Waals surface area (Å²) in [4.78, 5) is 10.4. The molecule has 1 fully saturated rings. The van der Waals surface area contributed by atoms with E-state index < -0.39 is 15.1 Å². The first-order valence-electron chi connectivity index (χ1n) is 6.88. The standard InChI is InChI=1S/C13H20ClN3O2S/c1-4-17(9(2)3)12-8-10(15-13(14)16-12)11-6-5-7-20(11,18)19/h8-9,11H,4-7H2,1-3H3. The molecule has 0 radical (unpaired) electrons. The SMILES string of the molecule is CCN(c1cc(C2CCCS2(=O)=O)nc(Cl)n1)C(C)C. The van der Waals surface area contributed by atoms with Crippen molar-refractivity contribution in [3.63, 3.8) is 0 Å². The third kappa shape index (κ3) is 3.06. The van der Waals surface area contributed by atoms with Crippen molar-refractivity contribution in [2.45, 2.75) is 44.9 Å². The van der Waals surface area contributed by atoms with Gasteiger partial charge in [0.05, 0.1) is 11.4 Å². The van der Waals surface area contributed by atoms with E-state index in [2.05, 4.69) is 28.7 Å². The summed E-state index contributed by atoms with van der Waals surface area (Å²) in [5.41, 5.74) is 0.525. The molecule has 1 aromatic heterocycles. The van der Waals surface area contributed by atoms with E-state index in [1.165, 1.54) is 0 Å². The van der Waals surface area contributed by atoms with Crippen LogP contribution < -0.4 is 4.90 Å². The molecule has 1 aliphatic heterocycles. The van der Waals surface area contributed by atoms with Crippen LogP contribution in [-0.4, -0.2) is 36.7 Å². The zero-order valence-corrected chi connectivity index (χ0v) is 13.6. The average molecular weight is 318 g/mol. The van der Waals surface area contributed by atoms with Crippen LogP contribution in [0.15, 0.2) is 6.07 Å². The Labute approximate surface area is 125 Å². The van der Waals surface area contributed by atoms with E-state index in [9.17, 15) is 8.42 Å². The van der Waals surface area contributed by atoms with E-state index in [4.69, 9.17) is 11.6 Å². The van der Waals surface area contributed by atoms with Gasteiger partial charge in [-0.05, 0) is 45.2 Å². The zero-order chi connectivity index (χ0) is 14.9. The minimum atomic E-state index is -3.09. The summed E-state index contributed by atoms with van der Waals surface area (Å²) in [6, 6.07) is 2.03. The number of hydrogen-bond acceptors (Lipinski definition) is 5. The average Bonchev–Trinajstić information content (AvgIpc) is 2.68. The minimum Gasteiger partial charge on any atom is -0.354 e. The molecule has 0 amide bonds. The predicted molar refractivity (Wildman–Crippen MR) is 81.0 cm³/mol. The first kappa shape index (κ1) is 15.5. The van der Waals surface area contributed by atoms with Gasteiger partial charge in [-0.1, -0.05) is 0 Å². The number of hydrogen-bond donors (Lipinski definition) is 0. The van der Waals surface area contributed by atoms with Crippen LogP contribution >= 0.6 is 11.6 Å². The van der Waals surface area contributed by atoms with E-state index in [1.54, 1.807) is 6.07 Å². The fourth-order valence-corrected chi connectivity index (χ4v) is 4.70. The third-order valence-corrected chi connectivity index (χ3v) is 5.99. The quantitative estimate of drug-likeness (QED) is 0.799. The van der Waals surface area contributed by atoms with Crippen LogP contribution in [0, 0.1) is 0 Å². The molecule has 0 aliphatic carbocycles. The molecule has 7 heteroatoms. The van der Waals surface area contributed by atoms with E-state index in [-0.39, 0.29) is 17.1 Å². The summed E-state index contributed by atoms with van der Waals surface area (Å²) in [6.07, 6.45) is 1.30. The Morgan fingerprint density at radius 3 is 2.65 bits per heavy atom. The van der Waals surface area contributed by atoms with Crippen molar-refractivity contribution < 1.29 is 8.42 Å². The molecule has 5 nitrogen and oxygen atoms in total. The predicted octanol–water partition coefficient (Wildman–Crippen LogP) is 2.61. The highest BCUT2D eigenvalue weighted by Crippen LogP contribution is 2.35. The van der Waals surface area contributed by atoms with Crippen LogP contribution in [0.5, 0.6) is 0 Å². The Bertz CT molecular complexity index is 589. The fourth-order valence-electron chi connectivity index (χ4n) is 2.65. The van der Waals surface area contributed by atoms with Crippen LogP contribution in [0.2, 0.25) is 5.28 Å². The van der Waals surface area contributed by atoms with Gasteiger partial charge in [-0.25, -0.2) is 18.4 Å². The summed E-state index contributed by atoms with van der Waals surface area (Å²) >= 11 is 5.98. The topological polar surface area (TPSA) is 63.2 Å². The van der Waals surface area contributed by atoms with Gasteiger partial charge in [0.15, 0.2) is 9.84 Å². The number of aromatic nitrogens is 2. The molecule has 2 heterocycles. The largest absolute Gasteiger partial charge is 0.354 e. The number of halogens is 1. The maximum atomic E-state index is 12.0. The molecule has 2 rings (SSSR count). The van der Waals surface area contributed by atoms with Crippen molar-refractivity contribution in [2.24, 2.45) is 0 Å². The van der Waals surface area contributed by atoms with Crippen LogP contribution in [0.1, 0.15) is 44.6 Å². The van der Waals surface area contributed by atoms with Gasteiger partial charge in [0.1, 0.15) is 11.1 Å². The molecule has 1 unspecified atom stereocenters. The Morgan fingerprint density at radius 2 is 2.15 bits per heavy atom. The Kier molecular flexibility index (Phi) is 4.54. The van der Waals surface area contributed by atoms with E-state index >= 15 is 0 Å². The van der Waals surface area contributed by atoms with Crippen molar-refractivity contribution in [3.05, 3.63) is 17.0 Å². The van der Waals surface area contributed by atoms with Gasteiger partial charge in [-0.3, -0.25) is 0 Å². The van der Waals surface area contributed by atoms with Gasteiger partial charge in [0, 0.05) is 18.7 Å². The second-order valence-corrected chi connectivity index (χ2v) is 7.94. The molecule has 0 bridgehead atoms. The lowest BCUT2D eigenvalue weighted by atomic mass is 10.2. The van der Waals surface area contributed by atoms with Crippen molar-refractivity contribution in [3.8, 4) is 0 Å². The summed E-state index contributed by atoms with van der Waals surface area (Å²) in [6.45, 7) is 6.93. The fraction of sp³-hybridized carbons (Fsp3) is 0.692. The molecule has 0 spiro atoms. The molecule has 0 N–H and O–H groups in total. The molecule has 112 valence electrons. The lowest BCUT2D eigenvalue weighted by molar-refractivity contribution is 0.590. The highest BCUT2D eigenvalue weighted by atomic mass is 35.5. The molecular formula is C13H20ClN3O2S. The molecule has 1 aliphatic rings. The van der Waals surface area contributed by atoms with Gasteiger partial charge in [-0.15, -0.1) is 0 Å². The molecule has 1 saturated heterocycles. The van der Waals surface area contributed by atoms with Crippen molar-refractivity contribution in [1.82, 2.24) is 9.97 Å². The van der Waals surface area contributed by atoms with Crippen molar-refractivity contribution in [2.75, 3.05) is 17.2 Å². The molecule has 20 heavy (non-hydrogen) atoms. The minimum absolute atomic E-state index is 0.110. The normalized spacial score (nSPS) is 21.4. The number of rotatable bonds is 4. The molecular weight excluding hydrogens is 298 g/mol. The third-order valence-electron chi connectivity index (χ3n) is 3.62. The first-order valence-corrected chi connectivity index (χ1v) is 8.97. The van der Waals surface area contributed by atoms with Gasteiger partial charge in [0.2, 0.25) is 5.28 Å². The number of sulfone groups is 1. The second kappa shape index (κ2) is 5.85. The summed E-state index contributed by atoms with van der Waals surface area (Å²) < 4.78 is 24.1. The molecule has 1 atom stereocenters. The summed E-state index contributed by atoms with van der Waals surface area (Å²) in [7, 11) is -3.09. The van der Waals surface area contributed by atoms with Crippen molar-refractivity contribution in [1.29, 1.82) is 0 Å². The van der Waals surface area contributed by atoms with Crippen LogP contribution in [0.25, 0.3) is 0 Å². The summed E-state index contributed by atoms with van der Waals surface area (Å²) in [5.74, 6) is 0.927. The zero-order valence-electron chi connectivity index (χ0n) is 12.0. The second-order valence-electron chi connectivity index (χ2n) is 5.30. The summed E-state index contributed by atoms with van der Waals surface area (Å²) in [5, 5.41) is -0.425.